The summed E-state index contributed by atoms with van der Waals surface area (Å²) in [7, 11) is -2.51. The minimum atomic E-state index is -2.51. The molecule has 0 bridgehead atoms. The van der Waals surface area contributed by atoms with Crippen LogP contribution in [0.3, 0.4) is 0 Å². The van der Waals surface area contributed by atoms with Gasteiger partial charge in [0.25, 0.3) is 0 Å². The predicted molar refractivity (Wildman–Crippen MR) is 117 cm³/mol. The van der Waals surface area contributed by atoms with E-state index in [2.05, 4.69) is 20.6 Å². The first-order chi connectivity index (χ1) is 13.9. The van der Waals surface area contributed by atoms with Gasteiger partial charge in [-0.1, -0.05) is 0 Å². The number of hydrogen-bond donors (Lipinski definition) is 3. The first-order valence-corrected chi connectivity index (χ1v) is 11.5. The van der Waals surface area contributed by atoms with Gasteiger partial charge in [-0.2, -0.15) is 0 Å². The Balaban J connectivity index is 1.62. The summed E-state index contributed by atoms with van der Waals surface area (Å²) in [5.41, 5.74) is 4.23. The Morgan fingerprint density at radius 3 is 2.79 bits per heavy atom. The van der Waals surface area contributed by atoms with Gasteiger partial charge in [0.05, 0.1) is 0 Å². The molecule has 9 nitrogen and oxygen atoms in total. The van der Waals surface area contributed by atoms with Crippen LogP contribution >= 0.6 is 11.6 Å². The average molecular weight is 440 g/mol. The van der Waals surface area contributed by atoms with Gasteiger partial charge in [-0.25, -0.2) is 0 Å². The van der Waals surface area contributed by atoms with E-state index in [1.165, 1.54) is 12.7 Å². The van der Waals surface area contributed by atoms with E-state index >= 15 is 0 Å². The second kappa shape index (κ2) is 9.81. The zero-order valence-corrected chi connectivity index (χ0v) is 17.8. The van der Waals surface area contributed by atoms with Gasteiger partial charge in [-0.05, 0) is 0 Å². The molecule has 0 spiro atoms. The molecule has 1 fully saturated rings. The van der Waals surface area contributed by atoms with Gasteiger partial charge in [0.15, 0.2) is 6.39 Å². The summed E-state index contributed by atoms with van der Waals surface area (Å²) in [5, 5.41) is 14.4. The number of anilines is 3. The maximum absolute atomic E-state index is 12.8. The fraction of sp³-hybridized carbons (Fsp3) is 0.471. The number of oxazole rings is 1. The Bertz CT molecular complexity index is 891. The first kappa shape index (κ1) is 21.9. The van der Waals surface area contributed by atoms with E-state index in [0.29, 0.717) is 49.2 Å². The summed E-state index contributed by atoms with van der Waals surface area (Å²) in [4.78, 5) is 6.02. The van der Waals surface area contributed by atoms with Gasteiger partial charge in [-0.15, -0.1) is 0 Å². The molecule has 1 aromatic carbocycles. The Morgan fingerprint density at radius 2 is 2.14 bits per heavy atom. The molecule has 12 heteroatoms. The minimum absolute atomic E-state index is 0.204. The van der Waals surface area contributed by atoms with Gasteiger partial charge in [0, 0.05) is 0 Å². The van der Waals surface area contributed by atoms with Crippen LogP contribution in [0.5, 0.6) is 0 Å². The van der Waals surface area contributed by atoms with Crippen LogP contribution in [-0.4, -0.2) is 70.4 Å². The van der Waals surface area contributed by atoms with E-state index in [9.17, 15) is 9.42 Å². The molecule has 0 saturated carbocycles. The molecule has 0 aliphatic carbocycles. The fourth-order valence-electron chi connectivity index (χ4n) is 3.06. The molecule has 1 aliphatic heterocycles. The molecule has 2 heterocycles. The monoisotopic (exact) mass is 439 g/mol. The molecule has 1 saturated heterocycles. The van der Waals surface area contributed by atoms with Crippen LogP contribution in [0.15, 0.2) is 35.3 Å². The molecule has 1 aromatic heterocycles. The van der Waals surface area contributed by atoms with Crippen molar-refractivity contribution in [1.82, 2.24) is 14.6 Å². The Kier molecular flexibility index (Phi) is 7.41. The van der Waals surface area contributed by atoms with Gasteiger partial charge < -0.3 is 4.42 Å². The molecule has 0 amide bonds. The molecular weight excluding hydrogens is 415 g/mol. The van der Waals surface area contributed by atoms with Crippen molar-refractivity contribution in [3.05, 3.63) is 35.9 Å². The third-order valence-corrected chi connectivity index (χ3v) is 7.03. The normalized spacial score (nSPS) is 17.1. The van der Waals surface area contributed by atoms with Gasteiger partial charge in [0.2, 0.25) is 0 Å². The van der Waals surface area contributed by atoms with E-state index in [1.807, 2.05) is 23.4 Å². The topological polar surface area (TPSA) is 97.1 Å². The number of hydrogen-bond acceptors (Lipinski definition) is 8. The van der Waals surface area contributed by atoms with Crippen molar-refractivity contribution >= 4 is 45.1 Å². The number of nitrogens with zero attached hydrogens (tertiary/aromatic N) is 4. The van der Waals surface area contributed by atoms with Crippen molar-refractivity contribution in [1.29, 1.82) is 0 Å². The number of halogens is 1. The predicted octanol–water partition coefficient (Wildman–Crippen LogP) is 1.57. The summed E-state index contributed by atoms with van der Waals surface area (Å²) in [6, 6.07) is 5.50. The van der Waals surface area contributed by atoms with Crippen LogP contribution in [0.4, 0.5) is 17.2 Å². The fourth-order valence-corrected chi connectivity index (χ4v) is 4.69. The second-order valence-corrected chi connectivity index (χ2v) is 9.31. The quantitative estimate of drug-likeness (QED) is 0.308. The molecule has 2 aromatic rings. The van der Waals surface area contributed by atoms with Crippen LogP contribution < -0.4 is 20.8 Å². The molecule has 1 aliphatic rings. The van der Waals surface area contributed by atoms with Crippen LogP contribution in [0.1, 0.15) is 6.92 Å². The molecule has 1 radical (unpaired) electrons. The SMILES string of the molecule is [B]=S(=O)(CCNCC)N1CCN(c2ccc(Cl)c(NN(O)c3cocn3)c2)CC1. The summed E-state index contributed by atoms with van der Waals surface area (Å²) in [6.07, 6.45) is 2.51. The Labute approximate surface area is 177 Å². The first-order valence-electron chi connectivity index (χ1n) is 9.34. The van der Waals surface area contributed by atoms with Crippen molar-refractivity contribution in [3.8, 4) is 0 Å². The summed E-state index contributed by atoms with van der Waals surface area (Å²) < 4.78 is 19.5. The van der Waals surface area contributed by atoms with E-state index in [1.54, 1.807) is 6.07 Å². The Hall–Kier alpha value is -1.79. The molecule has 1 unspecified atom stereocenters. The molecule has 3 rings (SSSR count). The summed E-state index contributed by atoms with van der Waals surface area (Å²) in [6.45, 7) is 12.1. The van der Waals surface area contributed by atoms with E-state index < -0.39 is 9.55 Å². The molecule has 157 valence electrons. The Morgan fingerprint density at radius 1 is 1.38 bits per heavy atom. The standard InChI is InChI=1S/C17H25BClN6O3S/c1-2-20-5-10-29(18,27)24-8-6-23(7-9-24)14-3-4-15(19)16(11-14)22-25(26)17-12-28-13-21-17/h3-4,11-13,20,22,26H,2,5-10H2,1H3. The molecule has 1 atom stereocenters. The van der Waals surface area contributed by atoms with Crippen molar-refractivity contribution in [3.63, 3.8) is 0 Å². The van der Waals surface area contributed by atoms with Crippen molar-refractivity contribution in [2.45, 2.75) is 6.92 Å². The van der Waals surface area contributed by atoms with Crippen LogP contribution in [0.25, 0.3) is 0 Å². The zero-order valence-electron chi connectivity index (χ0n) is 16.3. The number of piperazine rings is 1. The third kappa shape index (κ3) is 5.64. The van der Waals surface area contributed by atoms with Gasteiger partial charge in [-0.3, -0.25) is 0 Å². The number of aromatic nitrogens is 1. The third-order valence-electron chi connectivity index (χ3n) is 4.67. The van der Waals surface area contributed by atoms with E-state index in [-0.39, 0.29) is 5.82 Å². The summed E-state index contributed by atoms with van der Waals surface area (Å²) >= 11 is 6.25. The van der Waals surface area contributed by atoms with Crippen LogP contribution in [-0.2, 0) is 9.55 Å². The molecular formula is C17H25BClN6O3S. The number of nitrogens with one attached hydrogen (secondary N) is 2. The van der Waals surface area contributed by atoms with Crippen molar-refractivity contribution < 1.29 is 13.8 Å². The van der Waals surface area contributed by atoms with Gasteiger partial charge >= 0.3 is 166 Å². The number of benzene rings is 1. The average Bonchev–Trinajstić information content (AvgIpc) is 3.25. The maximum atomic E-state index is 12.8. The van der Waals surface area contributed by atoms with Gasteiger partial charge in [0.1, 0.15) is 0 Å². The van der Waals surface area contributed by atoms with Crippen molar-refractivity contribution in [2.75, 3.05) is 60.5 Å². The van der Waals surface area contributed by atoms with Crippen molar-refractivity contribution in [2.24, 2.45) is 0 Å². The molecule has 29 heavy (non-hydrogen) atoms. The van der Waals surface area contributed by atoms with Crippen LogP contribution in [0, 0.1) is 0 Å². The van der Waals surface area contributed by atoms with E-state index in [4.69, 9.17) is 22.7 Å². The summed E-state index contributed by atoms with van der Waals surface area (Å²) in [5.74, 6) is 0.639. The zero-order chi connectivity index (χ0) is 20.9. The van der Waals surface area contributed by atoms with E-state index in [0.717, 1.165) is 17.4 Å². The van der Waals surface area contributed by atoms with Crippen LogP contribution in [0.2, 0.25) is 5.02 Å². The second-order valence-electron chi connectivity index (χ2n) is 6.60. The molecule has 3 N–H and O–H groups in total. The number of rotatable bonds is 9. The number of hydrazine groups is 1.